The lowest BCUT2D eigenvalue weighted by atomic mass is 10.2. The van der Waals surface area contributed by atoms with E-state index in [4.69, 9.17) is 34.8 Å². The molecule has 0 radical (unpaired) electrons. The first-order valence-electron chi connectivity index (χ1n) is 7.63. The second-order valence-corrected chi connectivity index (χ2v) is 6.89. The van der Waals surface area contributed by atoms with Gasteiger partial charge in [0.15, 0.2) is 0 Å². The highest BCUT2D eigenvalue weighted by molar-refractivity contribution is 6.42. The fourth-order valence-electron chi connectivity index (χ4n) is 2.51. The van der Waals surface area contributed by atoms with E-state index in [-0.39, 0.29) is 24.1 Å². The fourth-order valence-corrected chi connectivity index (χ4v) is 3.10. The number of rotatable bonds is 4. The first-order valence-corrected chi connectivity index (χ1v) is 8.77. The molecule has 2 amide bonds. The van der Waals surface area contributed by atoms with E-state index in [9.17, 15) is 9.59 Å². The summed E-state index contributed by atoms with van der Waals surface area (Å²) >= 11 is 18.1. The number of nitrogens with one attached hydrogen (secondary N) is 2. The highest BCUT2D eigenvalue weighted by Crippen LogP contribution is 2.28. The zero-order valence-electron chi connectivity index (χ0n) is 13.6. The zero-order chi connectivity index (χ0) is 18.8. The Hall–Kier alpha value is -2.21. The molecule has 0 atom stereocenters. The Kier molecular flexibility index (Phi) is 5.41. The van der Waals surface area contributed by atoms with E-state index in [1.807, 2.05) is 24.3 Å². The number of hydrogen-bond donors (Lipinski definition) is 2. The summed E-state index contributed by atoms with van der Waals surface area (Å²) in [6, 6.07) is 12.1. The van der Waals surface area contributed by atoms with Gasteiger partial charge in [0.25, 0.3) is 5.91 Å². The molecule has 3 aromatic rings. The molecule has 0 saturated carbocycles. The Morgan fingerprint density at radius 2 is 1.81 bits per heavy atom. The molecule has 0 saturated heterocycles. The summed E-state index contributed by atoms with van der Waals surface area (Å²) in [5.74, 6) is -0.748. The molecular formula is C18H14Cl3N3O2. The van der Waals surface area contributed by atoms with Gasteiger partial charge in [0.2, 0.25) is 5.91 Å². The van der Waals surface area contributed by atoms with E-state index in [1.54, 1.807) is 12.1 Å². The van der Waals surface area contributed by atoms with Crippen molar-refractivity contribution < 1.29 is 9.59 Å². The number of halogens is 3. The van der Waals surface area contributed by atoms with Crippen molar-refractivity contribution in [1.29, 1.82) is 0 Å². The predicted molar refractivity (Wildman–Crippen MR) is 105 cm³/mol. The van der Waals surface area contributed by atoms with Crippen molar-refractivity contribution >= 4 is 63.2 Å². The number of para-hydroxylation sites is 1. The smallest absolute Gasteiger partial charge is 0.272 e. The minimum absolute atomic E-state index is 0.148. The maximum atomic E-state index is 12.6. The van der Waals surface area contributed by atoms with Crippen LogP contribution in [0.3, 0.4) is 0 Å². The maximum Gasteiger partial charge on any atom is 0.272 e. The van der Waals surface area contributed by atoms with Gasteiger partial charge in [-0.05, 0) is 24.3 Å². The molecule has 1 aromatic heterocycles. The van der Waals surface area contributed by atoms with Crippen molar-refractivity contribution in [3.63, 3.8) is 0 Å². The number of carbonyl (C=O) groups excluding carboxylic acids is 2. The number of nitrogens with zero attached hydrogens (tertiary/aromatic N) is 1. The predicted octanol–water partition coefficient (Wildman–Crippen LogP) is 4.84. The molecule has 2 N–H and O–H groups in total. The average molecular weight is 411 g/mol. The van der Waals surface area contributed by atoms with Crippen LogP contribution in [0, 0.1) is 0 Å². The molecule has 0 aliphatic rings. The molecule has 1 heterocycles. The summed E-state index contributed by atoms with van der Waals surface area (Å²) < 4.78 is 0. The number of hydrogen-bond acceptors (Lipinski definition) is 2. The van der Waals surface area contributed by atoms with E-state index < -0.39 is 0 Å². The molecule has 0 fully saturated rings. The standard InChI is InChI=1S/C18H14Cl3N3O2/c1-24(9-15(25)22-10-6-7-12(19)13(20)8-10)18(26)17-16(21)11-4-2-3-5-14(11)23-17/h2-8,23H,9H2,1H3,(H,22,25). The molecule has 0 spiro atoms. The van der Waals surface area contributed by atoms with E-state index in [2.05, 4.69) is 10.3 Å². The third-order valence-corrected chi connectivity index (χ3v) is 4.92. The van der Waals surface area contributed by atoms with Crippen molar-refractivity contribution in [3.8, 4) is 0 Å². The summed E-state index contributed by atoms with van der Waals surface area (Å²) in [7, 11) is 1.53. The number of aromatic amines is 1. The molecule has 26 heavy (non-hydrogen) atoms. The first kappa shape index (κ1) is 18.6. The van der Waals surface area contributed by atoms with Gasteiger partial charge in [0.1, 0.15) is 5.69 Å². The van der Waals surface area contributed by atoms with Crippen LogP contribution >= 0.6 is 34.8 Å². The quantitative estimate of drug-likeness (QED) is 0.646. The van der Waals surface area contributed by atoms with Crippen LogP contribution in [-0.4, -0.2) is 35.3 Å². The van der Waals surface area contributed by atoms with Crippen molar-refractivity contribution in [2.45, 2.75) is 0 Å². The van der Waals surface area contributed by atoms with Gasteiger partial charge in [0, 0.05) is 23.6 Å². The molecule has 0 bridgehead atoms. The SMILES string of the molecule is CN(CC(=O)Nc1ccc(Cl)c(Cl)c1)C(=O)c1[nH]c2ccccc2c1Cl. The highest BCUT2D eigenvalue weighted by Gasteiger charge is 2.21. The number of likely N-dealkylation sites (N-methyl/N-ethyl adjacent to an activating group) is 1. The van der Waals surface area contributed by atoms with Gasteiger partial charge in [-0.15, -0.1) is 0 Å². The van der Waals surface area contributed by atoms with E-state index in [1.165, 1.54) is 18.0 Å². The number of anilines is 1. The monoisotopic (exact) mass is 409 g/mol. The number of aromatic nitrogens is 1. The molecule has 134 valence electrons. The van der Waals surface area contributed by atoms with E-state index >= 15 is 0 Å². The zero-order valence-corrected chi connectivity index (χ0v) is 15.9. The summed E-state index contributed by atoms with van der Waals surface area (Å²) in [6.45, 7) is -0.148. The van der Waals surface area contributed by atoms with Crippen molar-refractivity contribution in [2.75, 3.05) is 18.9 Å². The number of benzene rings is 2. The number of amides is 2. The third-order valence-electron chi connectivity index (χ3n) is 3.79. The van der Waals surface area contributed by atoms with Crippen LogP contribution in [0.4, 0.5) is 5.69 Å². The fraction of sp³-hybridized carbons (Fsp3) is 0.111. The molecule has 5 nitrogen and oxygen atoms in total. The largest absolute Gasteiger partial charge is 0.349 e. The van der Waals surface area contributed by atoms with Gasteiger partial charge in [-0.25, -0.2) is 0 Å². The Labute approximate surface area is 164 Å². The minimum atomic E-state index is -0.379. The van der Waals surface area contributed by atoms with Crippen LogP contribution in [0.15, 0.2) is 42.5 Å². The molecule has 3 rings (SSSR count). The van der Waals surface area contributed by atoms with Gasteiger partial charge in [0.05, 0.1) is 21.6 Å². The van der Waals surface area contributed by atoms with Crippen molar-refractivity contribution in [1.82, 2.24) is 9.88 Å². The first-order chi connectivity index (χ1) is 12.4. The van der Waals surface area contributed by atoms with Crippen LogP contribution in [0.5, 0.6) is 0 Å². The van der Waals surface area contributed by atoms with E-state index in [0.29, 0.717) is 20.8 Å². The summed E-state index contributed by atoms with van der Waals surface area (Å²) in [5.41, 5.74) is 1.50. The lowest BCUT2D eigenvalue weighted by molar-refractivity contribution is -0.116. The van der Waals surface area contributed by atoms with Crippen molar-refractivity contribution in [3.05, 3.63) is 63.2 Å². The lowest BCUT2D eigenvalue weighted by Crippen LogP contribution is -2.35. The number of fused-ring (bicyclic) bond motifs is 1. The lowest BCUT2D eigenvalue weighted by Gasteiger charge is -2.16. The van der Waals surface area contributed by atoms with Crippen LogP contribution in [0.1, 0.15) is 10.5 Å². The van der Waals surface area contributed by atoms with Crippen molar-refractivity contribution in [2.24, 2.45) is 0 Å². The van der Waals surface area contributed by atoms with Gasteiger partial charge >= 0.3 is 0 Å². The third kappa shape index (κ3) is 3.80. The topological polar surface area (TPSA) is 65.2 Å². The maximum absolute atomic E-state index is 12.6. The van der Waals surface area contributed by atoms with Crippen LogP contribution in [-0.2, 0) is 4.79 Å². The average Bonchev–Trinajstić information content (AvgIpc) is 2.94. The second-order valence-electron chi connectivity index (χ2n) is 5.70. The van der Waals surface area contributed by atoms with Gasteiger partial charge < -0.3 is 15.2 Å². The Bertz CT molecular complexity index is 1000. The van der Waals surface area contributed by atoms with Crippen LogP contribution in [0.25, 0.3) is 10.9 Å². The van der Waals surface area contributed by atoms with Gasteiger partial charge in [-0.2, -0.15) is 0 Å². The Morgan fingerprint density at radius 3 is 2.50 bits per heavy atom. The molecule has 0 aliphatic heterocycles. The minimum Gasteiger partial charge on any atom is -0.349 e. The summed E-state index contributed by atoms with van der Waals surface area (Å²) in [6.07, 6.45) is 0. The van der Waals surface area contributed by atoms with Crippen LogP contribution < -0.4 is 5.32 Å². The summed E-state index contributed by atoms with van der Waals surface area (Å²) in [5, 5.41) is 4.49. The Balaban J connectivity index is 1.70. The van der Waals surface area contributed by atoms with E-state index in [0.717, 1.165) is 10.9 Å². The molecule has 0 aliphatic carbocycles. The van der Waals surface area contributed by atoms with Gasteiger partial charge in [-0.3, -0.25) is 9.59 Å². The highest BCUT2D eigenvalue weighted by atomic mass is 35.5. The molecule has 2 aromatic carbocycles. The number of carbonyl (C=O) groups is 2. The van der Waals surface area contributed by atoms with Gasteiger partial charge in [-0.1, -0.05) is 53.0 Å². The molecular weight excluding hydrogens is 397 g/mol. The molecule has 8 heteroatoms. The normalized spacial score (nSPS) is 10.8. The second kappa shape index (κ2) is 7.58. The van der Waals surface area contributed by atoms with Crippen LogP contribution in [0.2, 0.25) is 15.1 Å². The Morgan fingerprint density at radius 1 is 1.08 bits per heavy atom. The number of H-pyrrole nitrogens is 1. The summed E-state index contributed by atoms with van der Waals surface area (Å²) in [4.78, 5) is 29.1. The molecule has 0 unspecified atom stereocenters.